The fourth-order valence-electron chi connectivity index (χ4n) is 3.80. The van der Waals surface area contributed by atoms with E-state index in [1.54, 1.807) is 48.5 Å². The number of halogens is 1. The molecule has 3 amide bonds. The van der Waals surface area contributed by atoms with Gasteiger partial charge >= 0.3 is 0 Å². The number of nitrogens with one attached hydrogen (secondary N) is 2. The van der Waals surface area contributed by atoms with Gasteiger partial charge in [-0.05, 0) is 73.5 Å². The third-order valence-corrected chi connectivity index (χ3v) is 5.55. The van der Waals surface area contributed by atoms with Gasteiger partial charge in [0.2, 0.25) is 5.91 Å². The maximum atomic E-state index is 13.5. The predicted molar refractivity (Wildman–Crippen MR) is 131 cm³/mol. The van der Waals surface area contributed by atoms with Crippen molar-refractivity contribution in [3.05, 3.63) is 94.1 Å². The number of hydrogen-bond acceptors (Lipinski definition) is 4. The summed E-state index contributed by atoms with van der Waals surface area (Å²) in [5.74, 6) is -1.04. The lowest BCUT2D eigenvalue weighted by Gasteiger charge is -2.15. The minimum atomic E-state index is -0.455. The van der Waals surface area contributed by atoms with Crippen LogP contribution in [0.3, 0.4) is 0 Å². The normalized spacial score (nSPS) is 13.5. The van der Waals surface area contributed by atoms with Crippen LogP contribution in [0, 0.1) is 13.8 Å². The summed E-state index contributed by atoms with van der Waals surface area (Å²) in [7, 11) is 0. The first kappa shape index (κ1) is 22.3. The first-order chi connectivity index (χ1) is 15.7. The molecule has 6 nitrogen and oxygen atoms in total. The van der Waals surface area contributed by atoms with Crippen LogP contribution in [-0.4, -0.2) is 17.7 Å². The van der Waals surface area contributed by atoms with Gasteiger partial charge in [-0.2, -0.15) is 0 Å². The van der Waals surface area contributed by atoms with Crippen LogP contribution in [0.15, 0.2) is 72.4 Å². The van der Waals surface area contributed by atoms with Gasteiger partial charge in [0.05, 0.1) is 11.3 Å². The molecule has 0 aromatic heterocycles. The number of amides is 3. The second-order valence-electron chi connectivity index (χ2n) is 7.87. The molecule has 0 fully saturated rings. The van der Waals surface area contributed by atoms with Gasteiger partial charge in [0.25, 0.3) is 11.8 Å². The number of imide groups is 1. The van der Waals surface area contributed by atoms with E-state index in [1.807, 2.05) is 32.0 Å². The van der Waals surface area contributed by atoms with Gasteiger partial charge < -0.3 is 10.6 Å². The van der Waals surface area contributed by atoms with Gasteiger partial charge in [0.1, 0.15) is 5.70 Å². The van der Waals surface area contributed by atoms with E-state index in [1.165, 1.54) is 6.92 Å². The second kappa shape index (κ2) is 8.92. The quantitative estimate of drug-likeness (QED) is 0.507. The highest BCUT2D eigenvalue weighted by atomic mass is 35.5. The molecule has 0 radical (unpaired) electrons. The molecule has 3 aromatic carbocycles. The predicted octanol–water partition coefficient (Wildman–Crippen LogP) is 5.31. The van der Waals surface area contributed by atoms with Crippen molar-refractivity contribution in [1.82, 2.24) is 0 Å². The van der Waals surface area contributed by atoms with Gasteiger partial charge in [-0.3, -0.25) is 14.4 Å². The van der Waals surface area contributed by atoms with E-state index < -0.39 is 11.8 Å². The summed E-state index contributed by atoms with van der Waals surface area (Å²) >= 11 is 5.99. The van der Waals surface area contributed by atoms with Crippen LogP contribution in [0.1, 0.15) is 23.6 Å². The molecule has 1 aliphatic rings. The first-order valence-corrected chi connectivity index (χ1v) is 10.7. The van der Waals surface area contributed by atoms with Gasteiger partial charge in [0.15, 0.2) is 0 Å². The Hall–Kier alpha value is -3.90. The van der Waals surface area contributed by atoms with Gasteiger partial charge in [-0.25, -0.2) is 4.90 Å². The molecule has 0 atom stereocenters. The Morgan fingerprint density at radius 2 is 1.48 bits per heavy atom. The van der Waals surface area contributed by atoms with Crippen molar-refractivity contribution in [2.45, 2.75) is 20.8 Å². The lowest BCUT2D eigenvalue weighted by Crippen LogP contribution is -2.32. The SMILES string of the molecule is CC(=O)Nc1ccc(NC2=C(c3ccc(C)cc3C)C(=O)N(c3ccc(Cl)cc3)C2=O)cc1. The Kier molecular flexibility index (Phi) is 6.03. The maximum absolute atomic E-state index is 13.5. The molecule has 1 heterocycles. The van der Waals surface area contributed by atoms with E-state index in [0.29, 0.717) is 33.2 Å². The maximum Gasteiger partial charge on any atom is 0.282 e. The van der Waals surface area contributed by atoms with E-state index in [-0.39, 0.29) is 11.6 Å². The molecule has 4 rings (SSSR count). The van der Waals surface area contributed by atoms with Crippen molar-refractivity contribution in [2.75, 3.05) is 15.5 Å². The number of carbonyl (C=O) groups is 3. The molecule has 0 spiro atoms. The molecular weight excluding hydrogens is 438 g/mol. The van der Waals surface area contributed by atoms with Crippen molar-refractivity contribution < 1.29 is 14.4 Å². The van der Waals surface area contributed by atoms with Crippen molar-refractivity contribution >= 4 is 52.0 Å². The fourth-order valence-corrected chi connectivity index (χ4v) is 3.92. The molecule has 0 unspecified atom stereocenters. The summed E-state index contributed by atoms with van der Waals surface area (Å²) in [6, 6.07) is 19.2. The summed E-state index contributed by atoms with van der Waals surface area (Å²) in [6.45, 7) is 5.32. The highest BCUT2D eigenvalue weighted by Gasteiger charge is 2.40. The molecule has 1 aliphatic heterocycles. The number of benzene rings is 3. The number of hydrogen-bond donors (Lipinski definition) is 2. The summed E-state index contributed by atoms with van der Waals surface area (Å²) in [6.07, 6.45) is 0. The monoisotopic (exact) mass is 459 g/mol. The molecular formula is C26H22ClN3O3. The Morgan fingerprint density at radius 3 is 2.09 bits per heavy atom. The van der Waals surface area contributed by atoms with Crippen LogP contribution in [0.5, 0.6) is 0 Å². The van der Waals surface area contributed by atoms with Gasteiger partial charge in [-0.15, -0.1) is 0 Å². The van der Waals surface area contributed by atoms with E-state index in [9.17, 15) is 14.4 Å². The zero-order valence-corrected chi connectivity index (χ0v) is 19.2. The van der Waals surface area contributed by atoms with Crippen molar-refractivity contribution in [1.29, 1.82) is 0 Å². The molecule has 166 valence electrons. The second-order valence-corrected chi connectivity index (χ2v) is 8.31. The third-order valence-electron chi connectivity index (χ3n) is 5.29. The van der Waals surface area contributed by atoms with Crippen molar-refractivity contribution in [2.24, 2.45) is 0 Å². The highest BCUT2D eigenvalue weighted by Crippen LogP contribution is 2.35. The largest absolute Gasteiger partial charge is 0.350 e. The van der Waals surface area contributed by atoms with E-state index in [2.05, 4.69) is 10.6 Å². The minimum absolute atomic E-state index is 0.175. The number of rotatable bonds is 5. The summed E-state index contributed by atoms with van der Waals surface area (Å²) in [4.78, 5) is 39.4. The Balaban J connectivity index is 1.78. The Morgan fingerprint density at radius 1 is 0.848 bits per heavy atom. The molecule has 33 heavy (non-hydrogen) atoms. The highest BCUT2D eigenvalue weighted by molar-refractivity contribution is 6.46. The molecule has 2 N–H and O–H groups in total. The van der Waals surface area contributed by atoms with Crippen LogP contribution in [0.25, 0.3) is 5.57 Å². The zero-order chi connectivity index (χ0) is 23.7. The molecule has 7 heteroatoms. The van der Waals surface area contributed by atoms with Crippen molar-refractivity contribution in [3.63, 3.8) is 0 Å². The lowest BCUT2D eigenvalue weighted by atomic mass is 9.97. The average Bonchev–Trinajstić information content (AvgIpc) is 3.00. The summed E-state index contributed by atoms with van der Waals surface area (Å²) in [5, 5.41) is 6.35. The Labute approximate surface area is 196 Å². The smallest absolute Gasteiger partial charge is 0.282 e. The van der Waals surface area contributed by atoms with Gasteiger partial charge in [-0.1, -0.05) is 35.4 Å². The topological polar surface area (TPSA) is 78.5 Å². The van der Waals surface area contributed by atoms with Crippen LogP contribution in [-0.2, 0) is 14.4 Å². The number of carbonyl (C=O) groups excluding carboxylic acids is 3. The van der Waals surface area contributed by atoms with Crippen LogP contribution >= 0.6 is 11.6 Å². The molecule has 0 aliphatic carbocycles. The van der Waals surface area contributed by atoms with Crippen LogP contribution in [0.4, 0.5) is 17.1 Å². The summed E-state index contributed by atoms with van der Waals surface area (Å²) < 4.78 is 0. The minimum Gasteiger partial charge on any atom is -0.350 e. The number of anilines is 3. The van der Waals surface area contributed by atoms with Gasteiger partial charge in [0, 0.05) is 23.3 Å². The molecule has 0 saturated heterocycles. The van der Waals surface area contributed by atoms with E-state index in [0.717, 1.165) is 16.0 Å². The van der Waals surface area contributed by atoms with Crippen LogP contribution < -0.4 is 15.5 Å². The molecule has 0 bridgehead atoms. The third kappa shape index (κ3) is 4.52. The average molecular weight is 460 g/mol. The number of aryl methyl sites for hydroxylation is 2. The zero-order valence-electron chi connectivity index (χ0n) is 18.4. The molecule has 3 aromatic rings. The first-order valence-electron chi connectivity index (χ1n) is 10.4. The van der Waals surface area contributed by atoms with E-state index >= 15 is 0 Å². The molecule has 0 saturated carbocycles. The fraction of sp³-hybridized carbons (Fsp3) is 0.115. The standard InChI is InChI=1S/C26H22ClN3O3/c1-15-4-13-22(16(2)14-15)23-24(29-20-9-7-19(8-10-20)28-17(3)31)26(33)30(25(23)32)21-11-5-18(27)6-12-21/h4-14,29H,1-3H3,(H,28,31). The lowest BCUT2D eigenvalue weighted by molar-refractivity contribution is -0.120. The summed E-state index contributed by atoms with van der Waals surface area (Å²) in [5.41, 5.74) is 4.82. The van der Waals surface area contributed by atoms with Crippen molar-refractivity contribution in [3.8, 4) is 0 Å². The Bertz CT molecular complexity index is 1300. The number of nitrogens with zero attached hydrogens (tertiary/aromatic N) is 1. The van der Waals surface area contributed by atoms with E-state index in [4.69, 9.17) is 11.6 Å². The van der Waals surface area contributed by atoms with Crippen LogP contribution in [0.2, 0.25) is 5.02 Å².